The standard InChI is InChI=1S/C11H13N5O2/c1-6-7(2)16-18-11(6)14-10(17)9-5-8(15-12)3-4-13-9/h3-5H,12H2,1-2H3,(H,13,15)(H,14,17). The molecule has 2 aromatic rings. The fourth-order valence-electron chi connectivity index (χ4n) is 1.34. The van der Waals surface area contributed by atoms with E-state index >= 15 is 0 Å². The van der Waals surface area contributed by atoms with Crippen LogP contribution in [0.1, 0.15) is 21.7 Å². The average Bonchev–Trinajstić information content (AvgIpc) is 2.71. The molecule has 0 radical (unpaired) electrons. The van der Waals surface area contributed by atoms with E-state index in [0.717, 1.165) is 11.3 Å². The molecule has 4 N–H and O–H groups in total. The molecule has 0 fully saturated rings. The number of anilines is 2. The number of nitrogens with zero attached hydrogens (tertiary/aromatic N) is 2. The highest BCUT2D eigenvalue weighted by Gasteiger charge is 2.14. The molecule has 7 nitrogen and oxygen atoms in total. The van der Waals surface area contributed by atoms with Gasteiger partial charge in [-0.25, -0.2) is 0 Å². The van der Waals surface area contributed by atoms with E-state index in [1.807, 2.05) is 6.92 Å². The Labute approximate surface area is 103 Å². The topological polar surface area (TPSA) is 106 Å². The van der Waals surface area contributed by atoms with Gasteiger partial charge in [0, 0.05) is 11.8 Å². The maximum atomic E-state index is 11.9. The predicted octanol–water partition coefficient (Wildman–Crippen LogP) is 1.22. The number of pyridine rings is 1. The zero-order valence-corrected chi connectivity index (χ0v) is 10.0. The maximum Gasteiger partial charge on any atom is 0.276 e. The first kappa shape index (κ1) is 12.1. The van der Waals surface area contributed by atoms with E-state index in [0.29, 0.717) is 11.6 Å². The summed E-state index contributed by atoms with van der Waals surface area (Å²) in [5, 5.41) is 6.35. The van der Waals surface area contributed by atoms with Crippen molar-refractivity contribution in [1.82, 2.24) is 10.1 Å². The second kappa shape index (κ2) is 4.84. The van der Waals surface area contributed by atoms with Crippen molar-refractivity contribution in [3.63, 3.8) is 0 Å². The lowest BCUT2D eigenvalue weighted by molar-refractivity contribution is 0.101. The molecule has 0 saturated heterocycles. The first-order valence-electron chi connectivity index (χ1n) is 5.28. The average molecular weight is 247 g/mol. The number of nitrogens with two attached hydrogens (primary N) is 1. The van der Waals surface area contributed by atoms with Crippen LogP contribution in [-0.4, -0.2) is 16.0 Å². The second-order valence-corrected chi connectivity index (χ2v) is 3.75. The summed E-state index contributed by atoms with van der Waals surface area (Å²) in [6, 6.07) is 3.19. The zero-order chi connectivity index (χ0) is 13.1. The number of hydrazine groups is 1. The summed E-state index contributed by atoms with van der Waals surface area (Å²) >= 11 is 0. The first-order valence-corrected chi connectivity index (χ1v) is 5.28. The molecule has 0 aliphatic heterocycles. The molecule has 0 bridgehead atoms. The van der Waals surface area contributed by atoms with Crippen molar-refractivity contribution in [2.75, 3.05) is 10.7 Å². The Morgan fingerprint density at radius 3 is 2.83 bits per heavy atom. The molecule has 18 heavy (non-hydrogen) atoms. The van der Waals surface area contributed by atoms with Gasteiger partial charge in [0.25, 0.3) is 5.91 Å². The van der Waals surface area contributed by atoms with Crippen molar-refractivity contribution in [1.29, 1.82) is 0 Å². The highest BCUT2D eigenvalue weighted by molar-refractivity contribution is 6.02. The lowest BCUT2D eigenvalue weighted by Crippen LogP contribution is -2.15. The summed E-state index contributed by atoms with van der Waals surface area (Å²) in [5.74, 6) is 5.20. The number of carbonyl (C=O) groups excluding carboxylic acids is 1. The summed E-state index contributed by atoms with van der Waals surface area (Å²) in [5.41, 5.74) is 4.80. The van der Waals surface area contributed by atoms with Crippen LogP contribution >= 0.6 is 0 Å². The number of hydrogen-bond acceptors (Lipinski definition) is 6. The van der Waals surface area contributed by atoms with E-state index < -0.39 is 0 Å². The second-order valence-electron chi connectivity index (χ2n) is 3.75. The third-order valence-corrected chi connectivity index (χ3v) is 2.54. The van der Waals surface area contributed by atoms with Gasteiger partial charge in [0.05, 0.1) is 11.4 Å². The summed E-state index contributed by atoms with van der Waals surface area (Å²) in [7, 11) is 0. The van der Waals surface area contributed by atoms with Gasteiger partial charge in [0.2, 0.25) is 5.88 Å². The van der Waals surface area contributed by atoms with E-state index in [1.54, 1.807) is 13.0 Å². The number of rotatable bonds is 3. The van der Waals surface area contributed by atoms with Crippen molar-refractivity contribution in [2.24, 2.45) is 5.84 Å². The molecule has 1 amide bonds. The Kier molecular flexibility index (Phi) is 3.24. The summed E-state index contributed by atoms with van der Waals surface area (Å²) in [6.45, 7) is 3.61. The molecule has 0 aromatic carbocycles. The van der Waals surface area contributed by atoms with Crippen LogP contribution in [0.25, 0.3) is 0 Å². The zero-order valence-electron chi connectivity index (χ0n) is 10.0. The lowest BCUT2D eigenvalue weighted by Gasteiger charge is -2.03. The predicted molar refractivity (Wildman–Crippen MR) is 66.0 cm³/mol. The van der Waals surface area contributed by atoms with Crippen molar-refractivity contribution in [3.05, 3.63) is 35.3 Å². The van der Waals surface area contributed by atoms with E-state index in [9.17, 15) is 4.79 Å². The number of aromatic nitrogens is 2. The molecule has 0 unspecified atom stereocenters. The van der Waals surface area contributed by atoms with Gasteiger partial charge in [-0.05, 0) is 26.0 Å². The van der Waals surface area contributed by atoms with Gasteiger partial charge in [-0.2, -0.15) is 0 Å². The van der Waals surface area contributed by atoms with Crippen LogP contribution in [0, 0.1) is 13.8 Å². The van der Waals surface area contributed by atoms with Crippen molar-refractivity contribution in [3.8, 4) is 0 Å². The van der Waals surface area contributed by atoms with Crippen molar-refractivity contribution < 1.29 is 9.32 Å². The number of nitrogen functional groups attached to an aromatic ring is 1. The van der Waals surface area contributed by atoms with Crippen LogP contribution in [-0.2, 0) is 0 Å². The molecule has 0 atom stereocenters. The van der Waals surface area contributed by atoms with Gasteiger partial charge >= 0.3 is 0 Å². The molecule has 2 heterocycles. The molecule has 2 rings (SSSR count). The minimum atomic E-state index is -0.383. The van der Waals surface area contributed by atoms with Crippen LogP contribution < -0.4 is 16.6 Å². The summed E-state index contributed by atoms with van der Waals surface area (Å²) in [4.78, 5) is 15.9. The van der Waals surface area contributed by atoms with Crippen LogP contribution in [0.4, 0.5) is 11.6 Å². The van der Waals surface area contributed by atoms with Crippen molar-refractivity contribution in [2.45, 2.75) is 13.8 Å². The van der Waals surface area contributed by atoms with Gasteiger partial charge in [-0.15, -0.1) is 0 Å². The first-order chi connectivity index (χ1) is 8.61. The van der Waals surface area contributed by atoms with Crippen LogP contribution in [0.15, 0.2) is 22.9 Å². The molecular formula is C11H13N5O2. The van der Waals surface area contributed by atoms with Gasteiger partial charge in [-0.3, -0.25) is 20.9 Å². The quantitative estimate of drug-likeness (QED) is 0.556. The van der Waals surface area contributed by atoms with E-state index in [1.165, 1.54) is 12.3 Å². The highest BCUT2D eigenvalue weighted by atomic mass is 16.5. The Bertz CT molecular complexity index is 579. The fourth-order valence-corrected chi connectivity index (χ4v) is 1.34. The number of carbonyl (C=O) groups is 1. The summed E-state index contributed by atoms with van der Waals surface area (Å²) < 4.78 is 4.99. The van der Waals surface area contributed by atoms with E-state index in [-0.39, 0.29) is 11.6 Å². The van der Waals surface area contributed by atoms with Gasteiger partial charge in [0.1, 0.15) is 5.69 Å². The maximum absolute atomic E-state index is 11.9. The minimum Gasteiger partial charge on any atom is -0.338 e. The number of hydrogen-bond donors (Lipinski definition) is 3. The molecule has 0 aliphatic carbocycles. The molecule has 0 spiro atoms. The van der Waals surface area contributed by atoms with Gasteiger partial charge in [0.15, 0.2) is 0 Å². The van der Waals surface area contributed by atoms with E-state index in [4.69, 9.17) is 10.4 Å². The lowest BCUT2D eigenvalue weighted by atomic mass is 10.2. The molecular weight excluding hydrogens is 234 g/mol. The van der Waals surface area contributed by atoms with Gasteiger partial charge < -0.3 is 9.95 Å². The molecule has 0 aliphatic rings. The smallest absolute Gasteiger partial charge is 0.276 e. The number of amides is 1. The molecule has 2 aromatic heterocycles. The monoisotopic (exact) mass is 247 g/mol. The SMILES string of the molecule is Cc1noc(NC(=O)c2cc(NN)ccn2)c1C. The minimum absolute atomic E-state index is 0.235. The Hall–Kier alpha value is -2.41. The van der Waals surface area contributed by atoms with Crippen LogP contribution in [0.5, 0.6) is 0 Å². The Morgan fingerprint density at radius 1 is 1.44 bits per heavy atom. The normalized spacial score (nSPS) is 10.2. The third-order valence-electron chi connectivity index (χ3n) is 2.54. The largest absolute Gasteiger partial charge is 0.338 e. The Morgan fingerprint density at radius 2 is 2.22 bits per heavy atom. The van der Waals surface area contributed by atoms with Crippen LogP contribution in [0.3, 0.4) is 0 Å². The fraction of sp³-hybridized carbons (Fsp3) is 0.182. The summed E-state index contributed by atoms with van der Waals surface area (Å²) in [6.07, 6.45) is 1.49. The third kappa shape index (κ3) is 2.30. The molecule has 7 heteroatoms. The molecule has 94 valence electrons. The van der Waals surface area contributed by atoms with Gasteiger partial charge in [-0.1, -0.05) is 5.16 Å². The van der Waals surface area contributed by atoms with E-state index in [2.05, 4.69) is 20.9 Å². The number of nitrogens with one attached hydrogen (secondary N) is 2. The van der Waals surface area contributed by atoms with Crippen LogP contribution in [0.2, 0.25) is 0 Å². The number of aryl methyl sites for hydroxylation is 1. The highest BCUT2D eigenvalue weighted by Crippen LogP contribution is 2.18. The van der Waals surface area contributed by atoms with Crippen molar-refractivity contribution >= 4 is 17.5 Å². The molecule has 0 saturated carbocycles. The Balaban J connectivity index is 2.19.